The lowest BCUT2D eigenvalue weighted by Crippen LogP contribution is -2.53. The molecule has 33 heavy (non-hydrogen) atoms. The van der Waals surface area contributed by atoms with Crippen LogP contribution in [0.5, 0.6) is 0 Å². The van der Waals surface area contributed by atoms with Crippen LogP contribution in [0, 0.1) is 12.3 Å². The average Bonchev–Trinajstić information content (AvgIpc) is 2.79. The molecule has 9 heteroatoms. The summed E-state index contributed by atoms with van der Waals surface area (Å²) in [5.74, 6) is 2.18. The quantitative estimate of drug-likeness (QED) is 0.631. The number of halogens is 3. The Bertz CT molecular complexity index is 854. The highest BCUT2D eigenvalue weighted by molar-refractivity contribution is 5.93. The first-order valence-electron chi connectivity index (χ1n) is 11.4. The van der Waals surface area contributed by atoms with E-state index >= 15 is 0 Å². The van der Waals surface area contributed by atoms with Gasteiger partial charge in [-0.25, -0.2) is 0 Å². The normalized spacial score (nSPS) is 18.2. The summed E-state index contributed by atoms with van der Waals surface area (Å²) in [4.78, 5) is 30.9. The number of nitrogens with zero attached hydrogens (tertiary/aromatic N) is 3. The molecule has 1 heterocycles. The van der Waals surface area contributed by atoms with E-state index in [9.17, 15) is 22.8 Å². The molecule has 0 bridgehead atoms. The van der Waals surface area contributed by atoms with E-state index in [-0.39, 0.29) is 18.1 Å². The fourth-order valence-corrected chi connectivity index (χ4v) is 4.54. The molecule has 180 valence electrons. The van der Waals surface area contributed by atoms with Crippen LogP contribution in [-0.4, -0.2) is 78.4 Å². The van der Waals surface area contributed by atoms with Crippen molar-refractivity contribution < 1.29 is 22.8 Å². The Morgan fingerprint density at radius 2 is 1.76 bits per heavy atom. The Hall–Kier alpha value is -2.57. The molecule has 1 saturated carbocycles. The van der Waals surface area contributed by atoms with Crippen molar-refractivity contribution in [2.24, 2.45) is 0 Å². The summed E-state index contributed by atoms with van der Waals surface area (Å²) in [5.41, 5.74) is -1.12. The number of rotatable bonds is 7. The van der Waals surface area contributed by atoms with E-state index in [2.05, 4.69) is 16.1 Å². The van der Waals surface area contributed by atoms with Gasteiger partial charge in [0, 0.05) is 32.2 Å². The molecule has 1 saturated heterocycles. The van der Waals surface area contributed by atoms with Crippen LogP contribution in [0.2, 0.25) is 0 Å². The number of carbonyl (C=O) groups is 2. The van der Waals surface area contributed by atoms with E-state index in [1.54, 1.807) is 4.90 Å². The van der Waals surface area contributed by atoms with E-state index in [4.69, 9.17) is 6.42 Å². The van der Waals surface area contributed by atoms with Crippen molar-refractivity contribution in [3.8, 4) is 12.3 Å². The molecule has 3 rings (SSSR count). The molecule has 1 aliphatic heterocycles. The largest absolute Gasteiger partial charge is 0.418 e. The first-order valence-corrected chi connectivity index (χ1v) is 11.4. The Morgan fingerprint density at radius 3 is 2.39 bits per heavy atom. The number of hydrogen-bond acceptors (Lipinski definition) is 4. The van der Waals surface area contributed by atoms with Gasteiger partial charge in [-0.15, -0.1) is 6.42 Å². The molecular weight excluding hydrogens is 433 g/mol. The fourth-order valence-electron chi connectivity index (χ4n) is 4.54. The zero-order valence-electron chi connectivity index (χ0n) is 18.7. The second-order valence-corrected chi connectivity index (χ2v) is 8.65. The van der Waals surface area contributed by atoms with Gasteiger partial charge in [0.2, 0.25) is 11.8 Å². The van der Waals surface area contributed by atoms with Gasteiger partial charge in [0.15, 0.2) is 0 Å². The Labute approximate surface area is 193 Å². The standard InChI is InChI=1S/C24H31F3N4O2/c1-2-12-31(19-8-4-3-5-9-19)18-23(33)30-15-13-29(14-16-30)17-22(32)28-21-11-7-6-10-20(21)24(25,26)27/h1,6-7,10-11,19H,3-5,8-9,12-18H2,(H,28,32). The molecule has 2 aliphatic rings. The number of nitrogens with one attached hydrogen (secondary N) is 1. The fraction of sp³-hybridized carbons (Fsp3) is 0.583. The van der Waals surface area contributed by atoms with Gasteiger partial charge < -0.3 is 10.2 Å². The number of terminal acetylenes is 1. The number of hydrogen-bond donors (Lipinski definition) is 1. The number of amides is 2. The SMILES string of the molecule is C#CCN(CC(=O)N1CCN(CC(=O)Nc2ccccc2C(F)(F)F)CC1)C1CCCCC1. The van der Waals surface area contributed by atoms with E-state index < -0.39 is 17.6 Å². The first kappa shape index (κ1) is 25.1. The van der Waals surface area contributed by atoms with Gasteiger partial charge in [-0.2, -0.15) is 13.2 Å². The summed E-state index contributed by atoms with van der Waals surface area (Å²) in [6, 6.07) is 5.27. The zero-order chi connectivity index (χ0) is 23.8. The minimum absolute atomic E-state index is 0.0269. The molecular formula is C24H31F3N4O2. The zero-order valence-corrected chi connectivity index (χ0v) is 18.7. The Morgan fingerprint density at radius 1 is 1.09 bits per heavy atom. The van der Waals surface area contributed by atoms with E-state index in [0.29, 0.717) is 45.3 Å². The molecule has 0 atom stereocenters. The third-order valence-electron chi connectivity index (χ3n) is 6.32. The predicted octanol–water partition coefficient (Wildman–Crippen LogP) is 3.06. The minimum atomic E-state index is -4.54. The highest BCUT2D eigenvalue weighted by Crippen LogP contribution is 2.34. The minimum Gasteiger partial charge on any atom is -0.339 e. The Kier molecular flexibility index (Phi) is 8.75. The molecule has 0 spiro atoms. The van der Waals surface area contributed by atoms with Gasteiger partial charge in [0.05, 0.1) is 30.9 Å². The molecule has 0 aromatic heterocycles. The van der Waals surface area contributed by atoms with Crippen molar-refractivity contribution in [3.05, 3.63) is 29.8 Å². The lowest BCUT2D eigenvalue weighted by molar-refractivity contribution is -0.137. The summed E-state index contributed by atoms with van der Waals surface area (Å²) in [6.45, 7) is 2.63. The summed E-state index contributed by atoms with van der Waals surface area (Å²) in [7, 11) is 0. The number of piperazine rings is 1. The predicted molar refractivity (Wildman–Crippen MR) is 120 cm³/mol. The van der Waals surface area contributed by atoms with E-state index in [0.717, 1.165) is 31.7 Å². The van der Waals surface area contributed by atoms with Gasteiger partial charge in [-0.3, -0.25) is 19.4 Å². The van der Waals surface area contributed by atoms with Gasteiger partial charge in [0.1, 0.15) is 0 Å². The number of anilines is 1. The molecule has 1 aromatic carbocycles. The summed E-state index contributed by atoms with van der Waals surface area (Å²) in [5, 5.41) is 2.37. The van der Waals surface area contributed by atoms with Crippen LogP contribution in [0.4, 0.5) is 18.9 Å². The highest BCUT2D eigenvalue weighted by atomic mass is 19.4. The molecule has 2 fully saturated rings. The highest BCUT2D eigenvalue weighted by Gasteiger charge is 2.34. The maximum absolute atomic E-state index is 13.1. The van der Waals surface area contributed by atoms with E-state index in [1.807, 2.05) is 4.90 Å². The molecule has 1 aliphatic carbocycles. The van der Waals surface area contributed by atoms with Crippen molar-refractivity contribution in [1.82, 2.24) is 14.7 Å². The lowest BCUT2D eigenvalue weighted by Gasteiger charge is -2.37. The van der Waals surface area contributed by atoms with E-state index in [1.165, 1.54) is 24.6 Å². The van der Waals surface area contributed by atoms with Gasteiger partial charge >= 0.3 is 6.18 Å². The van der Waals surface area contributed by atoms with Crippen LogP contribution in [0.1, 0.15) is 37.7 Å². The van der Waals surface area contributed by atoms with Gasteiger partial charge in [-0.1, -0.05) is 37.3 Å². The lowest BCUT2D eigenvalue weighted by atomic mass is 9.94. The van der Waals surface area contributed by atoms with Crippen LogP contribution >= 0.6 is 0 Å². The second-order valence-electron chi connectivity index (χ2n) is 8.65. The number of para-hydroxylation sites is 1. The third-order valence-corrected chi connectivity index (χ3v) is 6.32. The van der Waals surface area contributed by atoms with Crippen molar-refractivity contribution in [3.63, 3.8) is 0 Å². The molecule has 1 N–H and O–H groups in total. The number of alkyl halides is 3. The van der Waals surface area contributed by atoms with Crippen LogP contribution in [-0.2, 0) is 15.8 Å². The molecule has 0 radical (unpaired) electrons. The molecule has 6 nitrogen and oxygen atoms in total. The third kappa shape index (κ3) is 7.21. The summed E-state index contributed by atoms with van der Waals surface area (Å²) < 4.78 is 39.4. The number of carbonyl (C=O) groups excluding carboxylic acids is 2. The topological polar surface area (TPSA) is 55.9 Å². The summed E-state index contributed by atoms with van der Waals surface area (Å²) in [6.07, 6.45) is 6.66. The van der Waals surface area contributed by atoms with Crippen molar-refractivity contribution in [2.45, 2.75) is 44.3 Å². The molecule has 2 amide bonds. The monoisotopic (exact) mass is 464 g/mol. The van der Waals surface area contributed by atoms with Gasteiger partial charge in [0.25, 0.3) is 0 Å². The van der Waals surface area contributed by atoms with Crippen molar-refractivity contribution in [2.75, 3.05) is 51.1 Å². The molecule has 1 aromatic rings. The second kappa shape index (κ2) is 11.5. The van der Waals surface area contributed by atoms with Crippen LogP contribution < -0.4 is 5.32 Å². The van der Waals surface area contributed by atoms with Gasteiger partial charge in [-0.05, 0) is 25.0 Å². The van der Waals surface area contributed by atoms with Crippen molar-refractivity contribution in [1.29, 1.82) is 0 Å². The number of benzene rings is 1. The first-order chi connectivity index (χ1) is 15.8. The maximum atomic E-state index is 13.1. The van der Waals surface area contributed by atoms with Crippen LogP contribution in [0.15, 0.2) is 24.3 Å². The molecule has 0 unspecified atom stereocenters. The Balaban J connectivity index is 1.47. The van der Waals surface area contributed by atoms with Crippen LogP contribution in [0.3, 0.4) is 0 Å². The summed E-state index contributed by atoms with van der Waals surface area (Å²) >= 11 is 0. The van der Waals surface area contributed by atoms with Crippen molar-refractivity contribution >= 4 is 17.5 Å². The average molecular weight is 465 g/mol. The van der Waals surface area contributed by atoms with Crippen LogP contribution in [0.25, 0.3) is 0 Å². The smallest absolute Gasteiger partial charge is 0.339 e. The maximum Gasteiger partial charge on any atom is 0.418 e.